The molecule has 4 nitrogen and oxygen atoms in total. The number of hydrogen-bond donors (Lipinski definition) is 0. The highest BCUT2D eigenvalue weighted by atomic mass is 32.1. The fraction of sp³-hybridized carbons (Fsp3) is 0.611. The molecule has 1 saturated carbocycles. The summed E-state index contributed by atoms with van der Waals surface area (Å²) in [6.45, 7) is 3.57. The molecule has 0 aliphatic heterocycles. The number of methoxy groups -OCH3 is 1. The molecule has 2 heterocycles. The van der Waals surface area contributed by atoms with E-state index in [0.717, 1.165) is 32.1 Å². The molecule has 23 heavy (non-hydrogen) atoms. The predicted octanol–water partition coefficient (Wildman–Crippen LogP) is 3.93. The van der Waals surface area contributed by atoms with Crippen LogP contribution in [0.2, 0.25) is 0 Å². The zero-order valence-electron chi connectivity index (χ0n) is 14.0. The van der Waals surface area contributed by atoms with Crippen molar-refractivity contribution in [3.05, 3.63) is 40.6 Å². The first-order valence-corrected chi connectivity index (χ1v) is 9.55. The molecule has 1 fully saturated rings. The van der Waals surface area contributed by atoms with Gasteiger partial charge in [-0.05, 0) is 35.2 Å². The average Bonchev–Trinajstić information content (AvgIpc) is 3.25. The van der Waals surface area contributed by atoms with Crippen molar-refractivity contribution in [2.75, 3.05) is 13.7 Å². The summed E-state index contributed by atoms with van der Waals surface area (Å²) in [6.07, 6.45) is 10.7. The Balaban J connectivity index is 1.71. The second-order valence-electron chi connectivity index (χ2n) is 6.36. The maximum atomic E-state index is 5.22. The summed E-state index contributed by atoms with van der Waals surface area (Å²) in [5, 5.41) is 4.45. The van der Waals surface area contributed by atoms with Crippen LogP contribution < -0.4 is 0 Å². The van der Waals surface area contributed by atoms with Gasteiger partial charge in [-0.2, -0.15) is 11.3 Å². The quantitative estimate of drug-likeness (QED) is 0.733. The highest BCUT2D eigenvalue weighted by Crippen LogP contribution is 2.26. The second-order valence-corrected chi connectivity index (χ2v) is 7.14. The molecule has 0 bridgehead atoms. The van der Waals surface area contributed by atoms with Gasteiger partial charge in [-0.1, -0.05) is 19.3 Å². The van der Waals surface area contributed by atoms with Crippen LogP contribution in [0.4, 0.5) is 0 Å². The van der Waals surface area contributed by atoms with E-state index in [9.17, 15) is 0 Å². The van der Waals surface area contributed by atoms with Crippen LogP contribution in [0.5, 0.6) is 0 Å². The Bertz CT molecular complexity index is 561. The van der Waals surface area contributed by atoms with E-state index in [1.807, 2.05) is 6.20 Å². The average molecular weight is 334 g/mol. The Hall–Kier alpha value is -1.17. The summed E-state index contributed by atoms with van der Waals surface area (Å²) in [6, 6.07) is 2.94. The van der Waals surface area contributed by atoms with Crippen LogP contribution >= 0.6 is 11.3 Å². The van der Waals surface area contributed by atoms with Crippen molar-refractivity contribution < 1.29 is 4.74 Å². The van der Waals surface area contributed by atoms with Gasteiger partial charge in [0.1, 0.15) is 5.82 Å². The number of aromatic nitrogens is 2. The van der Waals surface area contributed by atoms with E-state index in [1.165, 1.54) is 37.7 Å². The molecule has 0 spiro atoms. The maximum absolute atomic E-state index is 5.22. The Labute approximate surface area is 143 Å². The molecule has 0 radical (unpaired) electrons. The lowest BCUT2D eigenvalue weighted by Gasteiger charge is -2.34. The van der Waals surface area contributed by atoms with Gasteiger partial charge >= 0.3 is 0 Å². The van der Waals surface area contributed by atoms with Crippen LogP contribution in [-0.2, 0) is 24.4 Å². The Morgan fingerprint density at radius 1 is 1.30 bits per heavy atom. The van der Waals surface area contributed by atoms with E-state index in [4.69, 9.17) is 4.74 Å². The van der Waals surface area contributed by atoms with Crippen molar-refractivity contribution in [1.29, 1.82) is 0 Å². The van der Waals surface area contributed by atoms with Gasteiger partial charge in [0.15, 0.2) is 0 Å². The van der Waals surface area contributed by atoms with Crippen molar-refractivity contribution in [3.8, 4) is 0 Å². The van der Waals surface area contributed by atoms with E-state index in [0.29, 0.717) is 6.04 Å². The van der Waals surface area contributed by atoms with Crippen molar-refractivity contribution in [3.63, 3.8) is 0 Å². The molecule has 5 heteroatoms. The number of imidazole rings is 1. The maximum Gasteiger partial charge on any atom is 0.122 e. The molecule has 0 atom stereocenters. The number of rotatable bonds is 8. The highest BCUT2D eigenvalue weighted by Gasteiger charge is 2.23. The SMILES string of the molecule is COCCn1ccnc1CN(Cc1ccsc1)C1CCCCC1. The molecule has 1 aliphatic rings. The third kappa shape index (κ3) is 4.66. The van der Waals surface area contributed by atoms with Gasteiger partial charge in [-0.15, -0.1) is 0 Å². The van der Waals surface area contributed by atoms with Crippen LogP contribution in [0.1, 0.15) is 43.5 Å². The molecular weight excluding hydrogens is 306 g/mol. The summed E-state index contributed by atoms with van der Waals surface area (Å²) in [7, 11) is 1.75. The summed E-state index contributed by atoms with van der Waals surface area (Å²) in [5.41, 5.74) is 1.43. The van der Waals surface area contributed by atoms with E-state index in [-0.39, 0.29) is 0 Å². The zero-order valence-corrected chi connectivity index (χ0v) is 14.8. The molecule has 0 aromatic carbocycles. The fourth-order valence-corrected chi connectivity index (χ4v) is 4.10. The second kappa shape index (κ2) is 8.62. The van der Waals surface area contributed by atoms with Gasteiger partial charge in [-0.3, -0.25) is 4.90 Å². The fourth-order valence-electron chi connectivity index (χ4n) is 3.44. The van der Waals surface area contributed by atoms with Crippen LogP contribution in [0.25, 0.3) is 0 Å². The van der Waals surface area contributed by atoms with Gasteiger partial charge in [0.05, 0.1) is 13.2 Å². The molecule has 126 valence electrons. The van der Waals surface area contributed by atoms with Gasteiger partial charge < -0.3 is 9.30 Å². The third-order valence-electron chi connectivity index (χ3n) is 4.74. The largest absolute Gasteiger partial charge is 0.383 e. The van der Waals surface area contributed by atoms with Gasteiger partial charge in [0.25, 0.3) is 0 Å². The van der Waals surface area contributed by atoms with Gasteiger partial charge in [0.2, 0.25) is 0 Å². The highest BCUT2D eigenvalue weighted by molar-refractivity contribution is 7.07. The smallest absolute Gasteiger partial charge is 0.122 e. The lowest BCUT2D eigenvalue weighted by Crippen LogP contribution is -2.36. The minimum atomic E-state index is 0.691. The minimum absolute atomic E-state index is 0.691. The van der Waals surface area contributed by atoms with Crippen LogP contribution in [0.15, 0.2) is 29.2 Å². The molecule has 1 aliphatic carbocycles. The van der Waals surface area contributed by atoms with Crippen LogP contribution in [0, 0.1) is 0 Å². The minimum Gasteiger partial charge on any atom is -0.383 e. The summed E-state index contributed by atoms with van der Waals surface area (Å²) >= 11 is 1.79. The number of hydrogen-bond acceptors (Lipinski definition) is 4. The number of thiophene rings is 1. The molecule has 0 unspecified atom stereocenters. The normalized spacial score (nSPS) is 16.3. The number of nitrogens with zero attached hydrogens (tertiary/aromatic N) is 3. The van der Waals surface area contributed by atoms with E-state index >= 15 is 0 Å². The van der Waals surface area contributed by atoms with E-state index in [2.05, 4.69) is 37.5 Å². The Morgan fingerprint density at radius 3 is 2.91 bits per heavy atom. The topological polar surface area (TPSA) is 30.3 Å². The van der Waals surface area contributed by atoms with E-state index < -0.39 is 0 Å². The van der Waals surface area contributed by atoms with Crippen molar-refractivity contribution in [2.45, 2.75) is 57.8 Å². The van der Waals surface area contributed by atoms with Gasteiger partial charge in [-0.25, -0.2) is 4.98 Å². The van der Waals surface area contributed by atoms with Gasteiger partial charge in [0, 0.05) is 38.6 Å². The molecule has 2 aromatic heterocycles. The lowest BCUT2D eigenvalue weighted by atomic mass is 9.94. The molecule has 0 saturated heterocycles. The molecule has 3 rings (SSSR count). The third-order valence-corrected chi connectivity index (χ3v) is 5.47. The zero-order chi connectivity index (χ0) is 15.9. The lowest BCUT2D eigenvalue weighted by molar-refractivity contribution is 0.132. The standard InChI is InChI=1S/C18H27N3OS/c1-22-11-10-20-9-8-19-18(20)14-21(13-16-7-12-23-15-16)17-5-3-2-4-6-17/h7-9,12,15,17H,2-6,10-11,13-14H2,1H3. The summed E-state index contributed by atoms with van der Waals surface area (Å²) in [4.78, 5) is 7.23. The first kappa shape index (κ1) is 16.7. The van der Waals surface area contributed by atoms with E-state index in [1.54, 1.807) is 18.4 Å². The predicted molar refractivity (Wildman–Crippen MR) is 94.5 cm³/mol. The van der Waals surface area contributed by atoms with Crippen molar-refractivity contribution in [2.24, 2.45) is 0 Å². The van der Waals surface area contributed by atoms with Crippen LogP contribution in [-0.4, -0.2) is 34.2 Å². The Morgan fingerprint density at radius 2 is 2.17 bits per heavy atom. The Kier molecular flexibility index (Phi) is 6.25. The summed E-state index contributed by atoms with van der Waals surface area (Å²) in [5.74, 6) is 1.16. The van der Waals surface area contributed by atoms with Crippen molar-refractivity contribution in [1.82, 2.24) is 14.5 Å². The monoisotopic (exact) mass is 333 g/mol. The molecule has 0 amide bonds. The van der Waals surface area contributed by atoms with Crippen molar-refractivity contribution >= 4 is 11.3 Å². The molecule has 2 aromatic rings. The first-order chi connectivity index (χ1) is 11.4. The molecule has 0 N–H and O–H groups in total. The summed E-state index contributed by atoms with van der Waals surface area (Å²) < 4.78 is 7.44. The number of ether oxygens (including phenoxy) is 1. The molecular formula is C18H27N3OS. The van der Waals surface area contributed by atoms with Crippen LogP contribution in [0.3, 0.4) is 0 Å². The first-order valence-electron chi connectivity index (χ1n) is 8.61.